The maximum absolute atomic E-state index is 12.9. The fourth-order valence-corrected chi connectivity index (χ4v) is 6.02. The minimum Gasteiger partial charge on any atom is -0.565 e. The molecule has 1 heterocycles. The molecule has 0 bridgehead atoms. The number of Topliss-reactive ketones (excluding diaryl/α,β-unsaturated/α-hetero) is 1. The van der Waals surface area contributed by atoms with Crippen LogP contribution < -0.4 is 0 Å². The van der Waals surface area contributed by atoms with Gasteiger partial charge < -0.3 is 14.6 Å². The lowest BCUT2D eigenvalue weighted by Gasteiger charge is -2.30. The molecule has 2 fully saturated rings. The minimum absolute atomic E-state index is 0.00346. The van der Waals surface area contributed by atoms with Gasteiger partial charge in [-0.05, 0) is 38.0 Å². The molecule has 33 heavy (non-hydrogen) atoms. The van der Waals surface area contributed by atoms with E-state index in [0.29, 0.717) is 38.3 Å². The average molecular weight is 483 g/mol. The second-order valence-electron chi connectivity index (χ2n) is 9.84. The number of carbonyl (C=O) groups excluding carboxylic acids is 2. The highest BCUT2D eigenvalue weighted by molar-refractivity contribution is 6.48. The number of unbranched alkanes of at least 4 members (excludes halogenated alkanes) is 5. The first-order chi connectivity index (χ1) is 15.9. The van der Waals surface area contributed by atoms with Crippen molar-refractivity contribution in [2.75, 3.05) is 13.2 Å². The highest BCUT2D eigenvalue weighted by atomic mass is 28.3. The quantitative estimate of drug-likeness (QED) is 0.125. The standard InChI is InChI=1S/C26H44O6Si/c1-4-5-6-9-12-16-26(30-18-19-31-26)17-15-22-21(13-10-7-8-11-14-25(28)29)23(27)20-24(22)32-33(2)3/h7,10,21-22,24H,4-6,8-9,11-20H2,1-3H3/p+2/b10-7-/t21-,22-,24-/m1/s1. The lowest BCUT2D eigenvalue weighted by atomic mass is 9.85. The summed E-state index contributed by atoms with van der Waals surface area (Å²) in [5.41, 5.74) is 0. The Hall–Kier alpha value is -1.02. The highest BCUT2D eigenvalue weighted by Crippen LogP contribution is 2.41. The van der Waals surface area contributed by atoms with Crippen molar-refractivity contribution < 1.29 is 28.6 Å². The van der Waals surface area contributed by atoms with Crippen LogP contribution in [0.1, 0.15) is 90.4 Å². The maximum atomic E-state index is 12.9. The summed E-state index contributed by atoms with van der Waals surface area (Å²) in [5.74, 6) is -0.518. The number of rotatable bonds is 17. The second-order valence-corrected chi connectivity index (χ2v) is 11.9. The zero-order valence-electron chi connectivity index (χ0n) is 21.0. The predicted octanol–water partition coefficient (Wildman–Crippen LogP) is 5.08. The number of carbonyl (C=O) groups is 2. The van der Waals surface area contributed by atoms with E-state index in [1.807, 2.05) is 0 Å². The van der Waals surface area contributed by atoms with E-state index in [1.165, 1.54) is 25.7 Å². The largest absolute Gasteiger partial charge is 0.565 e. The van der Waals surface area contributed by atoms with Crippen LogP contribution in [0.25, 0.3) is 0 Å². The second kappa shape index (κ2) is 15.1. The molecular formula is C26H46O6Si+2. The summed E-state index contributed by atoms with van der Waals surface area (Å²) in [6, 6.07) is 0. The van der Waals surface area contributed by atoms with Crippen molar-refractivity contribution in [2.45, 2.75) is 115 Å². The van der Waals surface area contributed by atoms with Gasteiger partial charge in [0.25, 0.3) is 0 Å². The van der Waals surface area contributed by atoms with Crippen molar-refractivity contribution in [1.29, 1.82) is 0 Å². The third kappa shape index (κ3) is 10.0. The van der Waals surface area contributed by atoms with Crippen LogP contribution in [0.5, 0.6) is 0 Å². The predicted molar refractivity (Wildman–Crippen MR) is 132 cm³/mol. The van der Waals surface area contributed by atoms with Gasteiger partial charge in [-0.2, -0.15) is 0 Å². The fourth-order valence-electron chi connectivity index (χ4n) is 5.16. The Morgan fingerprint density at radius 1 is 1.12 bits per heavy atom. The Labute approximate surface area is 202 Å². The van der Waals surface area contributed by atoms with Crippen LogP contribution in [0.4, 0.5) is 0 Å². The molecule has 3 atom stereocenters. The van der Waals surface area contributed by atoms with Gasteiger partial charge in [0.05, 0.1) is 26.3 Å². The molecule has 1 saturated heterocycles. The highest BCUT2D eigenvalue weighted by Gasteiger charge is 2.47. The van der Waals surface area contributed by atoms with E-state index in [1.54, 1.807) is 0 Å². The van der Waals surface area contributed by atoms with Crippen LogP contribution in [0.15, 0.2) is 12.2 Å². The van der Waals surface area contributed by atoms with Crippen molar-refractivity contribution in [3.8, 4) is 0 Å². The zero-order chi connectivity index (χ0) is 24.1. The minimum atomic E-state index is -0.893. The summed E-state index contributed by atoms with van der Waals surface area (Å²) in [6.45, 7) is 7.81. The van der Waals surface area contributed by atoms with Crippen LogP contribution in [0, 0.1) is 11.8 Å². The molecule has 2 N–H and O–H groups in total. The van der Waals surface area contributed by atoms with Crippen molar-refractivity contribution in [2.24, 2.45) is 11.8 Å². The van der Waals surface area contributed by atoms with Crippen LogP contribution >= 0.6 is 0 Å². The van der Waals surface area contributed by atoms with E-state index in [0.717, 1.165) is 38.5 Å². The summed E-state index contributed by atoms with van der Waals surface area (Å²) in [7, 11) is -0.893. The van der Waals surface area contributed by atoms with Gasteiger partial charge in [0.2, 0.25) is 0 Å². The Kier molecular flexibility index (Phi) is 12.9. The summed E-state index contributed by atoms with van der Waals surface area (Å²) in [6.07, 6.45) is 15.9. The molecule has 0 amide bonds. The summed E-state index contributed by atoms with van der Waals surface area (Å²) >= 11 is 0. The van der Waals surface area contributed by atoms with Crippen molar-refractivity contribution in [1.82, 2.24) is 0 Å². The molecule has 0 aromatic carbocycles. The molecule has 1 aliphatic heterocycles. The van der Waals surface area contributed by atoms with Crippen LogP contribution in [0.3, 0.4) is 0 Å². The van der Waals surface area contributed by atoms with Crippen molar-refractivity contribution >= 4 is 20.8 Å². The molecule has 0 aromatic heterocycles. The summed E-state index contributed by atoms with van der Waals surface area (Å²) in [5, 5.41) is 6.99. The van der Waals surface area contributed by atoms with E-state index in [9.17, 15) is 9.59 Å². The molecule has 1 aliphatic carbocycles. The van der Waals surface area contributed by atoms with Crippen molar-refractivity contribution in [3.63, 3.8) is 0 Å². The average Bonchev–Trinajstić information content (AvgIpc) is 3.33. The first-order valence-electron chi connectivity index (χ1n) is 13.0. The van der Waals surface area contributed by atoms with E-state index in [2.05, 4.69) is 32.2 Å². The molecule has 0 aromatic rings. The van der Waals surface area contributed by atoms with E-state index < -0.39 is 20.8 Å². The molecule has 2 rings (SSSR count). The first kappa shape index (κ1) is 28.2. The molecule has 0 radical (unpaired) electrons. The molecule has 0 unspecified atom stereocenters. The number of ether oxygens (including phenoxy) is 2. The van der Waals surface area contributed by atoms with Gasteiger partial charge in [-0.1, -0.05) is 44.8 Å². The van der Waals surface area contributed by atoms with Gasteiger partial charge in [0.15, 0.2) is 5.79 Å². The third-order valence-corrected chi connectivity index (χ3v) is 7.64. The SMILES string of the molecule is CCCCCCCC1(CC[C@H]2[C@H](O[Si+](C)C)CC(=O)[C@@H]2C/C=C\CCCC(=O)[OH2+])OCCO1. The van der Waals surface area contributed by atoms with E-state index in [-0.39, 0.29) is 17.9 Å². The molecule has 7 heteroatoms. The summed E-state index contributed by atoms with van der Waals surface area (Å²) < 4.78 is 18.5. The third-order valence-electron chi connectivity index (χ3n) is 6.86. The lowest BCUT2D eigenvalue weighted by Crippen LogP contribution is -2.34. The van der Waals surface area contributed by atoms with Crippen LogP contribution in [-0.4, -0.2) is 51.0 Å². The first-order valence-corrected chi connectivity index (χ1v) is 15.4. The number of allylic oxidation sites excluding steroid dienone is 2. The zero-order valence-corrected chi connectivity index (χ0v) is 22.0. The Morgan fingerprint density at radius 2 is 1.85 bits per heavy atom. The van der Waals surface area contributed by atoms with Gasteiger partial charge in [-0.3, -0.25) is 4.79 Å². The normalized spacial score (nSPS) is 24.7. The Morgan fingerprint density at radius 3 is 2.52 bits per heavy atom. The smallest absolute Gasteiger partial charge is 0.515 e. The van der Waals surface area contributed by atoms with E-state index in [4.69, 9.17) is 19.0 Å². The molecule has 0 spiro atoms. The van der Waals surface area contributed by atoms with Crippen molar-refractivity contribution in [3.05, 3.63) is 12.2 Å². The van der Waals surface area contributed by atoms with Gasteiger partial charge >= 0.3 is 15.0 Å². The molecule has 188 valence electrons. The van der Waals surface area contributed by atoms with Gasteiger partial charge in [0.1, 0.15) is 18.3 Å². The van der Waals surface area contributed by atoms with Gasteiger partial charge in [-0.15, -0.1) is 0 Å². The fraction of sp³-hybridized carbons (Fsp3) is 0.846. The topological polar surface area (TPSA) is 84.7 Å². The van der Waals surface area contributed by atoms with Crippen LogP contribution in [-0.2, 0) is 23.5 Å². The van der Waals surface area contributed by atoms with E-state index >= 15 is 0 Å². The molecule has 2 aliphatic rings. The molecular weight excluding hydrogens is 436 g/mol. The lowest BCUT2D eigenvalue weighted by molar-refractivity contribution is -0.171. The Balaban J connectivity index is 1.95. The monoisotopic (exact) mass is 482 g/mol. The molecule has 6 nitrogen and oxygen atoms in total. The Bertz CT molecular complexity index is 614. The number of ketones is 1. The number of hydrogen-bond acceptors (Lipinski definition) is 5. The summed E-state index contributed by atoms with van der Waals surface area (Å²) in [4.78, 5) is 23.7. The molecule has 1 saturated carbocycles. The van der Waals surface area contributed by atoms with Gasteiger partial charge in [-0.25, -0.2) is 4.43 Å². The van der Waals surface area contributed by atoms with Gasteiger partial charge in [0, 0.05) is 30.0 Å². The number of hydrogen-bond donors (Lipinski definition) is 0. The maximum Gasteiger partial charge on any atom is 0.515 e. The van der Waals surface area contributed by atoms with Crippen LogP contribution in [0.2, 0.25) is 13.1 Å².